The molecule has 1 atom stereocenters. The molecule has 0 heterocycles. The molecule has 0 aliphatic rings. The summed E-state index contributed by atoms with van der Waals surface area (Å²) in [4.78, 5) is 21.2. The lowest BCUT2D eigenvalue weighted by Crippen LogP contribution is -2.09. The Morgan fingerprint density at radius 1 is 1.59 bits per heavy atom. The molecule has 0 saturated heterocycles. The summed E-state index contributed by atoms with van der Waals surface area (Å²) in [5, 5.41) is 22.4. The first kappa shape index (κ1) is 13.1. The molecule has 2 N–H and O–H groups in total. The number of carbonyl (C=O) groups excluding carboxylic acids is 1. The lowest BCUT2D eigenvalue weighted by Gasteiger charge is -2.07. The van der Waals surface area contributed by atoms with Crippen molar-refractivity contribution in [1.29, 1.82) is 0 Å². The van der Waals surface area contributed by atoms with Crippen molar-refractivity contribution in [2.45, 2.75) is 26.4 Å². The summed E-state index contributed by atoms with van der Waals surface area (Å²) in [6.07, 6.45) is -0.234. The van der Waals surface area contributed by atoms with Gasteiger partial charge in [0, 0.05) is 13.0 Å². The predicted molar refractivity (Wildman–Crippen MR) is 62.8 cm³/mol. The molecule has 0 saturated carbocycles. The minimum atomic E-state index is -0.568. The van der Waals surface area contributed by atoms with Crippen molar-refractivity contribution in [3.63, 3.8) is 0 Å². The Bertz CT molecular complexity index is 443. The zero-order chi connectivity index (χ0) is 13.0. The van der Waals surface area contributed by atoms with Gasteiger partial charge < -0.3 is 10.4 Å². The Balaban J connectivity index is 3.08. The minimum absolute atomic E-state index is 0.164. The average molecular weight is 238 g/mol. The Hall–Kier alpha value is -1.95. The largest absolute Gasteiger partial charge is 0.393 e. The van der Waals surface area contributed by atoms with Crippen LogP contribution >= 0.6 is 0 Å². The SMILES string of the molecule is CC(=O)Nc1ccc(CC(C)O)cc1[N+](=O)[O-]. The van der Waals surface area contributed by atoms with E-state index >= 15 is 0 Å². The number of nitrogens with one attached hydrogen (secondary N) is 1. The number of nitro benzene ring substituents is 1. The van der Waals surface area contributed by atoms with Gasteiger partial charge in [0.1, 0.15) is 5.69 Å². The molecule has 6 heteroatoms. The van der Waals surface area contributed by atoms with E-state index < -0.39 is 11.0 Å². The minimum Gasteiger partial charge on any atom is -0.393 e. The highest BCUT2D eigenvalue weighted by Gasteiger charge is 2.15. The zero-order valence-corrected chi connectivity index (χ0v) is 9.64. The second-order valence-electron chi connectivity index (χ2n) is 3.84. The molecule has 1 amide bonds. The van der Waals surface area contributed by atoms with Crippen LogP contribution in [-0.2, 0) is 11.2 Å². The van der Waals surface area contributed by atoms with Crippen LogP contribution in [0.3, 0.4) is 0 Å². The molecule has 6 nitrogen and oxygen atoms in total. The number of hydrogen-bond acceptors (Lipinski definition) is 4. The monoisotopic (exact) mass is 238 g/mol. The van der Waals surface area contributed by atoms with E-state index in [1.807, 2.05) is 0 Å². The van der Waals surface area contributed by atoms with Gasteiger partial charge in [-0.25, -0.2) is 0 Å². The summed E-state index contributed by atoms with van der Waals surface area (Å²) in [5.41, 5.74) is 0.649. The van der Waals surface area contributed by atoms with Gasteiger partial charge in [-0.15, -0.1) is 0 Å². The van der Waals surface area contributed by atoms with Crippen LogP contribution in [-0.4, -0.2) is 22.0 Å². The fraction of sp³-hybridized carbons (Fsp3) is 0.364. The molecule has 17 heavy (non-hydrogen) atoms. The number of anilines is 1. The number of carbonyl (C=O) groups is 1. The molecule has 0 aliphatic carbocycles. The number of benzene rings is 1. The van der Waals surface area contributed by atoms with Gasteiger partial charge in [0.15, 0.2) is 0 Å². The van der Waals surface area contributed by atoms with Crippen LogP contribution < -0.4 is 5.32 Å². The molecule has 0 radical (unpaired) electrons. The molecular weight excluding hydrogens is 224 g/mol. The van der Waals surface area contributed by atoms with Crippen molar-refractivity contribution >= 4 is 17.3 Å². The number of aliphatic hydroxyl groups is 1. The van der Waals surface area contributed by atoms with Gasteiger partial charge in [-0.2, -0.15) is 0 Å². The maximum Gasteiger partial charge on any atom is 0.293 e. The molecule has 0 spiro atoms. The van der Waals surface area contributed by atoms with Gasteiger partial charge in [-0.1, -0.05) is 6.07 Å². The molecular formula is C11H14N2O4. The van der Waals surface area contributed by atoms with Crippen LogP contribution in [0.5, 0.6) is 0 Å². The molecule has 0 aromatic heterocycles. The van der Waals surface area contributed by atoms with Crippen LogP contribution in [0.4, 0.5) is 11.4 Å². The molecule has 0 aliphatic heterocycles. The van der Waals surface area contributed by atoms with Crippen molar-refractivity contribution in [3.8, 4) is 0 Å². The Kier molecular flexibility index (Phi) is 4.17. The molecule has 92 valence electrons. The summed E-state index contributed by atoms with van der Waals surface area (Å²) in [6, 6.07) is 4.47. The number of nitro groups is 1. The quantitative estimate of drug-likeness (QED) is 0.613. The average Bonchev–Trinajstić information content (AvgIpc) is 2.18. The van der Waals surface area contributed by atoms with Crippen LogP contribution in [0.25, 0.3) is 0 Å². The van der Waals surface area contributed by atoms with Gasteiger partial charge in [0.25, 0.3) is 5.69 Å². The van der Waals surface area contributed by atoms with Crippen molar-refractivity contribution in [1.82, 2.24) is 0 Å². The van der Waals surface area contributed by atoms with Crippen molar-refractivity contribution in [2.24, 2.45) is 0 Å². The van der Waals surface area contributed by atoms with Crippen LogP contribution in [0.2, 0.25) is 0 Å². The van der Waals surface area contributed by atoms with Crippen LogP contribution in [0.15, 0.2) is 18.2 Å². The summed E-state index contributed by atoms with van der Waals surface area (Å²) in [5.74, 6) is -0.364. The Labute approximate surface area is 98.4 Å². The van der Waals surface area contributed by atoms with Crippen molar-refractivity contribution in [2.75, 3.05) is 5.32 Å². The molecule has 1 rings (SSSR count). The van der Waals surface area contributed by atoms with Gasteiger partial charge in [-0.3, -0.25) is 14.9 Å². The third kappa shape index (κ3) is 3.84. The Morgan fingerprint density at radius 3 is 2.71 bits per heavy atom. The smallest absolute Gasteiger partial charge is 0.293 e. The van der Waals surface area contributed by atoms with E-state index in [4.69, 9.17) is 0 Å². The lowest BCUT2D eigenvalue weighted by molar-refractivity contribution is -0.384. The molecule has 1 unspecified atom stereocenters. The maximum atomic E-state index is 10.9. The third-order valence-electron chi connectivity index (χ3n) is 2.10. The number of hydrogen-bond donors (Lipinski definition) is 2. The maximum absolute atomic E-state index is 10.9. The third-order valence-corrected chi connectivity index (χ3v) is 2.10. The van der Waals surface area contributed by atoms with Crippen molar-refractivity contribution in [3.05, 3.63) is 33.9 Å². The van der Waals surface area contributed by atoms with Crippen LogP contribution in [0, 0.1) is 10.1 Å². The van der Waals surface area contributed by atoms with Crippen LogP contribution in [0.1, 0.15) is 19.4 Å². The van der Waals surface area contributed by atoms with E-state index in [0.29, 0.717) is 12.0 Å². The van der Waals surface area contributed by atoms with Gasteiger partial charge >= 0.3 is 0 Å². The first-order chi connectivity index (χ1) is 7.90. The van der Waals surface area contributed by atoms with Crippen molar-refractivity contribution < 1.29 is 14.8 Å². The molecule has 0 bridgehead atoms. The van der Waals surface area contributed by atoms with Gasteiger partial charge in [0.2, 0.25) is 5.91 Å². The zero-order valence-electron chi connectivity index (χ0n) is 9.64. The standard InChI is InChI=1S/C11H14N2O4/c1-7(14)5-9-3-4-10(12-8(2)15)11(6-9)13(16)17/h3-4,6-7,14H,5H2,1-2H3,(H,12,15). The number of amides is 1. The highest BCUT2D eigenvalue weighted by molar-refractivity contribution is 5.91. The van der Waals surface area contributed by atoms with E-state index in [1.165, 1.54) is 19.1 Å². The molecule has 1 aromatic rings. The molecule has 1 aromatic carbocycles. The van der Waals surface area contributed by atoms with E-state index in [2.05, 4.69) is 5.32 Å². The summed E-state index contributed by atoms with van der Waals surface area (Å²) < 4.78 is 0. The highest BCUT2D eigenvalue weighted by Crippen LogP contribution is 2.26. The summed E-state index contributed by atoms with van der Waals surface area (Å²) in [7, 11) is 0. The lowest BCUT2D eigenvalue weighted by atomic mass is 10.1. The first-order valence-corrected chi connectivity index (χ1v) is 5.13. The Morgan fingerprint density at radius 2 is 2.24 bits per heavy atom. The summed E-state index contributed by atoms with van der Waals surface area (Å²) >= 11 is 0. The van der Waals surface area contributed by atoms with E-state index in [-0.39, 0.29) is 17.3 Å². The fourth-order valence-corrected chi connectivity index (χ4v) is 1.49. The van der Waals surface area contributed by atoms with E-state index in [9.17, 15) is 20.0 Å². The second-order valence-corrected chi connectivity index (χ2v) is 3.84. The second kappa shape index (κ2) is 5.40. The normalized spacial score (nSPS) is 11.9. The highest BCUT2D eigenvalue weighted by atomic mass is 16.6. The molecule has 0 fully saturated rings. The summed E-state index contributed by atoms with van der Waals surface area (Å²) in [6.45, 7) is 2.89. The fourth-order valence-electron chi connectivity index (χ4n) is 1.49. The first-order valence-electron chi connectivity index (χ1n) is 5.13. The van der Waals surface area contributed by atoms with E-state index in [0.717, 1.165) is 0 Å². The topological polar surface area (TPSA) is 92.5 Å². The van der Waals surface area contributed by atoms with E-state index in [1.54, 1.807) is 13.0 Å². The predicted octanol–water partition coefficient (Wildman–Crippen LogP) is 1.48. The van der Waals surface area contributed by atoms with Gasteiger partial charge in [0.05, 0.1) is 11.0 Å². The number of rotatable bonds is 4. The number of aliphatic hydroxyl groups excluding tert-OH is 1. The number of nitrogens with zero attached hydrogens (tertiary/aromatic N) is 1. The van der Waals surface area contributed by atoms with Gasteiger partial charge in [-0.05, 0) is 25.0 Å².